The first-order chi connectivity index (χ1) is 12.7. The standard InChI is InChI=1S/C19H20ClN5O/c20-16-3-11-6-22-25(14-7-21-24(9-14)13-1-2-13)17(11)5-18(16)23-8-12-4-19(26)15(12)10-23/h3,5-7,9,12-13,15,19,26H,1-2,4,8,10H2. The second-order valence-electron chi connectivity index (χ2n) is 7.96. The minimum absolute atomic E-state index is 0.147. The van der Waals surface area contributed by atoms with Gasteiger partial charge in [0, 0.05) is 24.4 Å². The third-order valence-corrected chi connectivity index (χ3v) is 6.56. The van der Waals surface area contributed by atoms with Crippen LogP contribution in [0.2, 0.25) is 5.02 Å². The first-order valence-corrected chi connectivity index (χ1v) is 9.70. The summed E-state index contributed by atoms with van der Waals surface area (Å²) < 4.78 is 3.99. The van der Waals surface area contributed by atoms with Gasteiger partial charge in [-0.15, -0.1) is 0 Å². The lowest BCUT2D eigenvalue weighted by Gasteiger charge is -2.34. The van der Waals surface area contributed by atoms with Gasteiger partial charge in [-0.2, -0.15) is 10.2 Å². The summed E-state index contributed by atoms with van der Waals surface area (Å²) in [6.07, 6.45) is 9.01. The highest BCUT2D eigenvalue weighted by Crippen LogP contribution is 2.44. The Balaban J connectivity index is 1.40. The molecule has 1 aliphatic heterocycles. The molecule has 6 rings (SSSR count). The van der Waals surface area contributed by atoms with Crippen molar-refractivity contribution < 1.29 is 5.11 Å². The molecule has 0 bridgehead atoms. The van der Waals surface area contributed by atoms with E-state index in [0.29, 0.717) is 17.9 Å². The van der Waals surface area contributed by atoms with Crippen LogP contribution >= 0.6 is 11.6 Å². The number of nitrogens with zero attached hydrogens (tertiary/aromatic N) is 5. The van der Waals surface area contributed by atoms with Crippen LogP contribution in [0.4, 0.5) is 5.69 Å². The number of aromatic nitrogens is 4. The number of anilines is 1. The fraction of sp³-hybridized carbons (Fsp3) is 0.474. The van der Waals surface area contributed by atoms with Gasteiger partial charge in [0.25, 0.3) is 0 Å². The van der Waals surface area contributed by atoms with Crippen molar-refractivity contribution in [1.29, 1.82) is 0 Å². The minimum Gasteiger partial charge on any atom is -0.393 e. The van der Waals surface area contributed by atoms with E-state index in [9.17, 15) is 5.11 Å². The molecule has 6 nitrogen and oxygen atoms in total. The zero-order valence-corrected chi connectivity index (χ0v) is 15.0. The smallest absolute Gasteiger partial charge is 0.103 e. The molecule has 3 heterocycles. The number of fused-ring (bicyclic) bond motifs is 2. The highest BCUT2D eigenvalue weighted by atomic mass is 35.5. The maximum absolute atomic E-state index is 9.95. The van der Waals surface area contributed by atoms with Crippen molar-refractivity contribution in [3.63, 3.8) is 0 Å². The Labute approximate surface area is 156 Å². The SMILES string of the molecule is OC1CC2CN(c3cc4c(cnn4-c4cnn(C5CC5)c4)cc3Cl)CC12. The molecule has 1 saturated heterocycles. The third-order valence-electron chi connectivity index (χ3n) is 6.26. The van der Waals surface area contributed by atoms with Crippen molar-refractivity contribution in [2.75, 3.05) is 18.0 Å². The van der Waals surface area contributed by atoms with E-state index in [4.69, 9.17) is 11.6 Å². The Morgan fingerprint density at radius 2 is 2.00 bits per heavy atom. The van der Waals surface area contributed by atoms with E-state index in [1.54, 1.807) is 0 Å². The van der Waals surface area contributed by atoms with Gasteiger partial charge in [0.15, 0.2) is 0 Å². The number of rotatable bonds is 3. The Morgan fingerprint density at radius 3 is 2.77 bits per heavy atom. The summed E-state index contributed by atoms with van der Waals surface area (Å²) >= 11 is 6.59. The number of benzene rings is 1. The Hall–Kier alpha value is -2.05. The van der Waals surface area contributed by atoms with Crippen LogP contribution in [0.15, 0.2) is 30.7 Å². The Bertz CT molecular complexity index is 1010. The minimum atomic E-state index is -0.147. The summed E-state index contributed by atoms with van der Waals surface area (Å²) in [5, 5.41) is 20.8. The fourth-order valence-electron chi connectivity index (χ4n) is 4.53. The van der Waals surface area contributed by atoms with Crippen molar-refractivity contribution in [2.24, 2.45) is 11.8 Å². The van der Waals surface area contributed by atoms with Gasteiger partial charge in [0.05, 0.1) is 47.0 Å². The predicted molar refractivity (Wildman–Crippen MR) is 100.0 cm³/mol. The molecule has 3 aromatic rings. The van der Waals surface area contributed by atoms with Gasteiger partial charge in [0.1, 0.15) is 5.69 Å². The summed E-state index contributed by atoms with van der Waals surface area (Å²) in [6, 6.07) is 4.69. The van der Waals surface area contributed by atoms with Crippen LogP contribution in [0, 0.1) is 11.8 Å². The van der Waals surface area contributed by atoms with Gasteiger partial charge in [-0.1, -0.05) is 11.6 Å². The maximum atomic E-state index is 9.95. The molecule has 2 aromatic heterocycles. The lowest BCUT2D eigenvalue weighted by Crippen LogP contribution is -2.39. The molecule has 0 radical (unpaired) electrons. The average molecular weight is 370 g/mol. The molecule has 3 atom stereocenters. The summed E-state index contributed by atoms with van der Waals surface area (Å²) in [6.45, 7) is 1.85. The van der Waals surface area contributed by atoms with Crippen LogP contribution in [0.3, 0.4) is 0 Å². The van der Waals surface area contributed by atoms with E-state index in [0.717, 1.165) is 46.8 Å². The molecular weight excluding hydrogens is 350 g/mol. The lowest BCUT2D eigenvalue weighted by atomic mass is 9.74. The average Bonchev–Trinajstić information content (AvgIpc) is 3.07. The van der Waals surface area contributed by atoms with Gasteiger partial charge in [-0.25, -0.2) is 4.68 Å². The van der Waals surface area contributed by atoms with Crippen LogP contribution in [0.1, 0.15) is 25.3 Å². The number of halogens is 1. The molecule has 26 heavy (non-hydrogen) atoms. The van der Waals surface area contributed by atoms with E-state index < -0.39 is 0 Å². The zero-order valence-electron chi connectivity index (χ0n) is 14.3. The monoisotopic (exact) mass is 369 g/mol. The van der Waals surface area contributed by atoms with Crippen LogP contribution < -0.4 is 4.90 Å². The summed E-state index contributed by atoms with van der Waals surface area (Å²) in [5.74, 6) is 0.988. The van der Waals surface area contributed by atoms with Crippen molar-refractivity contribution in [2.45, 2.75) is 31.4 Å². The molecule has 1 N–H and O–H groups in total. The molecule has 7 heteroatoms. The van der Waals surface area contributed by atoms with Crippen molar-refractivity contribution in [3.8, 4) is 5.69 Å². The van der Waals surface area contributed by atoms with Gasteiger partial charge >= 0.3 is 0 Å². The first-order valence-electron chi connectivity index (χ1n) is 9.32. The van der Waals surface area contributed by atoms with Crippen LogP contribution in [-0.2, 0) is 0 Å². The molecule has 1 aromatic carbocycles. The summed E-state index contributed by atoms with van der Waals surface area (Å²) in [5.41, 5.74) is 3.06. The highest BCUT2D eigenvalue weighted by Gasteiger charge is 2.46. The molecule has 2 saturated carbocycles. The number of hydrogen-bond donors (Lipinski definition) is 1. The zero-order chi connectivity index (χ0) is 17.4. The predicted octanol–water partition coefficient (Wildman–Crippen LogP) is 3.03. The number of aliphatic hydroxyl groups excluding tert-OH is 1. The van der Waals surface area contributed by atoms with Gasteiger partial charge < -0.3 is 10.0 Å². The normalized spacial score (nSPS) is 27.8. The molecule has 0 spiro atoms. The number of hydrogen-bond acceptors (Lipinski definition) is 4. The topological polar surface area (TPSA) is 59.1 Å². The van der Waals surface area contributed by atoms with Crippen molar-refractivity contribution in [3.05, 3.63) is 35.7 Å². The largest absolute Gasteiger partial charge is 0.393 e. The summed E-state index contributed by atoms with van der Waals surface area (Å²) in [7, 11) is 0. The third kappa shape index (κ3) is 2.15. The molecule has 134 valence electrons. The van der Waals surface area contributed by atoms with Gasteiger partial charge in [-0.05, 0) is 37.3 Å². The Morgan fingerprint density at radius 1 is 1.12 bits per heavy atom. The van der Waals surface area contributed by atoms with E-state index in [2.05, 4.69) is 27.4 Å². The maximum Gasteiger partial charge on any atom is 0.103 e. The van der Waals surface area contributed by atoms with E-state index in [1.807, 2.05) is 27.8 Å². The van der Waals surface area contributed by atoms with Gasteiger partial charge in [0.2, 0.25) is 0 Å². The lowest BCUT2D eigenvalue weighted by molar-refractivity contribution is -0.00398. The number of aliphatic hydroxyl groups is 1. The highest BCUT2D eigenvalue weighted by molar-refractivity contribution is 6.34. The molecule has 3 aliphatic rings. The molecular formula is C19H20ClN5O. The van der Waals surface area contributed by atoms with Crippen LogP contribution in [0.25, 0.3) is 16.6 Å². The summed E-state index contributed by atoms with van der Waals surface area (Å²) in [4.78, 5) is 2.32. The molecule has 2 aliphatic carbocycles. The second-order valence-corrected chi connectivity index (χ2v) is 8.37. The van der Waals surface area contributed by atoms with Crippen molar-refractivity contribution in [1.82, 2.24) is 19.6 Å². The van der Waals surface area contributed by atoms with Crippen molar-refractivity contribution >= 4 is 28.2 Å². The first kappa shape index (κ1) is 15.1. The van der Waals surface area contributed by atoms with Gasteiger partial charge in [-0.3, -0.25) is 4.68 Å². The molecule has 3 unspecified atom stereocenters. The molecule has 3 fully saturated rings. The van der Waals surface area contributed by atoms with E-state index in [-0.39, 0.29) is 6.10 Å². The molecule has 0 amide bonds. The second kappa shape index (κ2) is 5.24. The van der Waals surface area contributed by atoms with Crippen LogP contribution in [0.5, 0.6) is 0 Å². The quantitative estimate of drug-likeness (QED) is 0.771. The van der Waals surface area contributed by atoms with Crippen LogP contribution in [-0.4, -0.2) is 43.9 Å². The fourth-order valence-corrected chi connectivity index (χ4v) is 4.82. The Kier molecular flexibility index (Phi) is 3.03. The van der Waals surface area contributed by atoms with E-state index >= 15 is 0 Å². The van der Waals surface area contributed by atoms with E-state index in [1.165, 1.54) is 12.8 Å².